The number of pyridine rings is 1. The lowest BCUT2D eigenvalue weighted by Crippen LogP contribution is -2.25. The van der Waals surface area contributed by atoms with E-state index in [1.54, 1.807) is 32.2 Å². The number of para-hydroxylation sites is 1. The number of nitrogen functional groups attached to an aromatic ring is 1. The van der Waals surface area contributed by atoms with E-state index < -0.39 is 10.0 Å². The Kier molecular flexibility index (Phi) is 7.37. The Bertz CT molecular complexity index is 1440. The fraction of sp³-hybridized carbons (Fsp3) is 0.333. The predicted molar refractivity (Wildman–Crippen MR) is 136 cm³/mol. The summed E-state index contributed by atoms with van der Waals surface area (Å²) in [7, 11) is -1.97. The van der Waals surface area contributed by atoms with Crippen molar-refractivity contribution in [1.82, 2.24) is 19.3 Å². The average Bonchev–Trinajstić information content (AvgIpc) is 3.18. The van der Waals surface area contributed by atoms with Crippen molar-refractivity contribution in [1.29, 1.82) is 0 Å². The largest absolute Gasteiger partial charge is 0.384 e. The van der Waals surface area contributed by atoms with Crippen LogP contribution in [0.1, 0.15) is 24.2 Å². The zero-order valence-corrected chi connectivity index (χ0v) is 20.8. The minimum Gasteiger partial charge on any atom is -0.384 e. The summed E-state index contributed by atoms with van der Waals surface area (Å²) >= 11 is 6.09. The highest BCUT2D eigenvalue weighted by Gasteiger charge is 2.19. The van der Waals surface area contributed by atoms with E-state index in [9.17, 15) is 8.42 Å². The Balaban J connectivity index is 1.52. The van der Waals surface area contributed by atoms with Crippen LogP contribution in [0.4, 0.5) is 5.82 Å². The van der Waals surface area contributed by atoms with Crippen LogP contribution in [0.25, 0.3) is 21.9 Å². The molecule has 2 heterocycles. The smallest absolute Gasteiger partial charge is 0.240 e. The monoisotopic (exact) mass is 501 g/mol. The van der Waals surface area contributed by atoms with E-state index in [2.05, 4.69) is 14.3 Å². The third-order valence-electron chi connectivity index (χ3n) is 5.83. The van der Waals surface area contributed by atoms with Gasteiger partial charge in [0.15, 0.2) is 5.82 Å². The van der Waals surface area contributed by atoms with Crippen LogP contribution in [0.5, 0.6) is 0 Å². The highest BCUT2D eigenvalue weighted by molar-refractivity contribution is 7.89. The molecule has 180 valence electrons. The molecule has 2 aromatic heterocycles. The van der Waals surface area contributed by atoms with Crippen LogP contribution in [0.15, 0.2) is 47.4 Å². The number of halogens is 1. The SMILES string of the molecule is COCCc1nc2c(N)nc3ccccc3c2n1CCCCNS(=O)(=O)c1cccc(Cl)c1C. The van der Waals surface area contributed by atoms with Gasteiger partial charge in [0.2, 0.25) is 10.0 Å². The third kappa shape index (κ3) is 4.88. The summed E-state index contributed by atoms with van der Waals surface area (Å²) in [6, 6.07) is 12.7. The van der Waals surface area contributed by atoms with Crippen molar-refractivity contribution in [3.05, 3.63) is 58.9 Å². The Morgan fingerprint density at radius 3 is 2.71 bits per heavy atom. The Morgan fingerprint density at radius 2 is 1.91 bits per heavy atom. The van der Waals surface area contributed by atoms with Gasteiger partial charge >= 0.3 is 0 Å². The second-order valence-electron chi connectivity index (χ2n) is 8.10. The molecular formula is C24H28ClN5O3S. The number of ether oxygens (including phenoxy) is 1. The van der Waals surface area contributed by atoms with E-state index in [1.165, 1.54) is 0 Å². The number of nitrogens with zero attached hydrogens (tertiary/aromatic N) is 3. The number of benzene rings is 2. The zero-order chi connectivity index (χ0) is 24.3. The van der Waals surface area contributed by atoms with Gasteiger partial charge in [0, 0.05) is 37.0 Å². The first kappa shape index (κ1) is 24.4. The normalized spacial score (nSPS) is 12.1. The van der Waals surface area contributed by atoms with Gasteiger partial charge in [0.05, 0.1) is 22.5 Å². The van der Waals surface area contributed by atoms with Crippen molar-refractivity contribution in [2.24, 2.45) is 0 Å². The molecule has 0 aliphatic rings. The Labute approximate surface area is 204 Å². The maximum atomic E-state index is 12.7. The van der Waals surface area contributed by atoms with Gasteiger partial charge in [-0.2, -0.15) is 0 Å². The number of hydrogen-bond donors (Lipinski definition) is 2. The maximum absolute atomic E-state index is 12.7. The molecule has 0 spiro atoms. The van der Waals surface area contributed by atoms with Gasteiger partial charge in [0.25, 0.3) is 0 Å². The quantitative estimate of drug-likeness (QED) is 0.317. The zero-order valence-electron chi connectivity index (χ0n) is 19.2. The van der Waals surface area contributed by atoms with E-state index >= 15 is 0 Å². The molecule has 0 saturated carbocycles. The van der Waals surface area contributed by atoms with Crippen LogP contribution in [0.3, 0.4) is 0 Å². The molecule has 0 aliphatic heterocycles. The molecule has 0 radical (unpaired) electrons. The van der Waals surface area contributed by atoms with Crippen LogP contribution in [-0.4, -0.2) is 43.2 Å². The first-order valence-corrected chi connectivity index (χ1v) is 13.0. The van der Waals surface area contributed by atoms with E-state index in [0.29, 0.717) is 54.5 Å². The number of nitrogens with one attached hydrogen (secondary N) is 1. The summed E-state index contributed by atoms with van der Waals surface area (Å²) in [5.41, 5.74) is 9.22. The number of aryl methyl sites for hydroxylation is 1. The standard InChI is InChI=1S/C24H28ClN5O3S/c1-16-18(25)9-7-11-20(16)34(31,32)27-13-5-6-14-30-21(12-15-33-2)29-22-23(30)17-8-3-4-10-19(17)28-24(22)26/h3-4,7-11,27H,5-6,12-15H2,1-2H3,(H2,26,28). The predicted octanol–water partition coefficient (Wildman–Crippen LogP) is 4.08. The Hall–Kier alpha value is -2.72. The van der Waals surface area contributed by atoms with Crippen LogP contribution < -0.4 is 10.5 Å². The van der Waals surface area contributed by atoms with Crippen molar-refractivity contribution in [3.63, 3.8) is 0 Å². The number of anilines is 1. The maximum Gasteiger partial charge on any atom is 0.240 e. The summed E-state index contributed by atoms with van der Waals surface area (Å²) < 4.78 is 35.5. The summed E-state index contributed by atoms with van der Waals surface area (Å²) in [5, 5.41) is 1.42. The number of methoxy groups -OCH3 is 1. The number of imidazole rings is 1. The topological polar surface area (TPSA) is 112 Å². The fourth-order valence-electron chi connectivity index (χ4n) is 4.09. The molecule has 0 aliphatic carbocycles. The van der Waals surface area contributed by atoms with Crippen molar-refractivity contribution < 1.29 is 13.2 Å². The van der Waals surface area contributed by atoms with Gasteiger partial charge in [-0.15, -0.1) is 0 Å². The van der Waals surface area contributed by atoms with Crippen LogP contribution in [-0.2, 0) is 27.7 Å². The molecule has 0 fully saturated rings. The van der Waals surface area contributed by atoms with E-state index in [4.69, 9.17) is 27.1 Å². The summed E-state index contributed by atoms with van der Waals surface area (Å²) in [6.07, 6.45) is 2.04. The number of unbranched alkanes of at least 4 members (excludes halogenated alkanes) is 1. The minimum absolute atomic E-state index is 0.205. The second-order valence-corrected chi connectivity index (χ2v) is 10.2. The molecule has 0 unspecified atom stereocenters. The number of hydrogen-bond acceptors (Lipinski definition) is 6. The van der Waals surface area contributed by atoms with Crippen LogP contribution >= 0.6 is 11.6 Å². The summed E-state index contributed by atoms with van der Waals surface area (Å²) in [4.78, 5) is 9.47. The van der Waals surface area contributed by atoms with Gasteiger partial charge in [0.1, 0.15) is 11.3 Å². The molecule has 10 heteroatoms. The van der Waals surface area contributed by atoms with Crippen molar-refractivity contribution in [3.8, 4) is 0 Å². The molecule has 8 nitrogen and oxygen atoms in total. The van der Waals surface area contributed by atoms with E-state index in [-0.39, 0.29) is 4.90 Å². The van der Waals surface area contributed by atoms with Crippen molar-refractivity contribution in [2.75, 3.05) is 26.0 Å². The first-order chi connectivity index (χ1) is 16.3. The molecule has 0 bridgehead atoms. The number of sulfonamides is 1. The lowest BCUT2D eigenvalue weighted by Gasteiger charge is -2.12. The van der Waals surface area contributed by atoms with Gasteiger partial charge in [-0.1, -0.05) is 35.9 Å². The minimum atomic E-state index is -3.63. The summed E-state index contributed by atoms with van der Waals surface area (Å²) in [5.74, 6) is 1.27. The molecule has 0 saturated heterocycles. The van der Waals surface area contributed by atoms with Gasteiger partial charge in [-0.3, -0.25) is 0 Å². The molecule has 4 aromatic rings. The van der Waals surface area contributed by atoms with Crippen molar-refractivity contribution >= 4 is 49.4 Å². The van der Waals surface area contributed by atoms with E-state index in [1.807, 2.05) is 24.3 Å². The molecule has 2 aromatic carbocycles. The number of nitrogens with two attached hydrogens (primary N) is 1. The lowest BCUT2D eigenvalue weighted by atomic mass is 10.2. The number of fused-ring (bicyclic) bond motifs is 3. The second kappa shape index (κ2) is 10.3. The van der Waals surface area contributed by atoms with E-state index in [0.717, 1.165) is 28.7 Å². The van der Waals surface area contributed by atoms with Crippen LogP contribution in [0, 0.1) is 6.92 Å². The molecular weight excluding hydrogens is 474 g/mol. The highest BCUT2D eigenvalue weighted by Crippen LogP contribution is 2.29. The number of rotatable bonds is 10. The van der Waals surface area contributed by atoms with Gasteiger partial charge in [-0.25, -0.2) is 23.1 Å². The molecule has 0 amide bonds. The highest BCUT2D eigenvalue weighted by atomic mass is 35.5. The van der Waals surface area contributed by atoms with Crippen LogP contribution in [0.2, 0.25) is 5.02 Å². The molecule has 4 rings (SSSR count). The first-order valence-electron chi connectivity index (χ1n) is 11.1. The van der Waals surface area contributed by atoms with Gasteiger partial charge < -0.3 is 15.0 Å². The summed E-state index contributed by atoms with van der Waals surface area (Å²) in [6.45, 7) is 3.22. The Morgan fingerprint density at radius 1 is 1.12 bits per heavy atom. The lowest BCUT2D eigenvalue weighted by molar-refractivity contribution is 0.199. The molecule has 3 N–H and O–H groups in total. The molecule has 34 heavy (non-hydrogen) atoms. The third-order valence-corrected chi connectivity index (χ3v) is 7.84. The molecule has 0 atom stereocenters. The number of aromatic nitrogens is 3. The van der Waals surface area contributed by atoms with Crippen molar-refractivity contribution in [2.45, 2.75) is 37.6 Å². The fourth-order valence-corrected chi connectivity index (χ4v) is 5.66. The average molecular weight is 502 g/mol. The van der Waals surface area contributed by atoms with Gasteiger partial charge in [-0.05, 0) is 43.5 Å².